The van der Waals surface area contributed by atoms with Crippen LogP contribution in [0.2, 0.25) is 5.02 Å². The van der Waals surface area contributed by atoms with E-state index in [1.807, 2.05) is 59.6 Å². The molecule has 0 N–H and O–H groups in total. The average Bonchev–Trinajstić information content (AvgIpc) is 3.16. The van der Waals surface area contributed by atoms with Gasteiger partial charge in [0.15, 0.2) is 0 Å². The van der Waals surface area contributed by atoms with Crippen LogP contribution in [0.4, 0.5) is 0 Å². The molecule has 3 aromatic rings. The number of hydrogen-bond acceptors (Lipinski definition) is 2. The van der Waals surface area contributed by atoms with E-state index in [-0.39, 0.29) is 11.3 Å². The number of carbonyl (C=O) groups is 1. The van der Waals surface area contributed by atoms with Gasteiger partial charge < -0.3 is 14.2 Å². The van der Waals surface area contributed by atoms with Crippen molar-refractivity contribution in [3.05, 3.63) is 94.3 Å². The van der Waals surface area contributed by atoms with Crippen molar-refractivity contribution in [3.8, 4) is 0 Å². The molecule has 0 fully saturated rings. The maximum Gasteiger partial charge on any atom is 0.254 e. The quantitative estimate of drug-likeness (QED) is 0.447. The van der Waals surface area contributed by atoms with E-state index in [0.29, 0.717) is 31.8 Å². The zero-order valence-electron chi connectivity index (χ0n) is 18.8. The van der Waals surface area contributed by atoms with Crippen LogP contribution in [0.5, 0.6) is 0 Å². The molecule has 2 aromatic carbocycles. The minimum Gasteiger partial charge on any atom is -0.383 e. The lowest BCUT2D eigenvalue weighted by Gasteiger charge is -2.24. The van der Waals surface area contributed by atoms with Crippen molar-refractivity contribution in [2.75, 3.05) is 20.3 Å². The summed E-state index contributed by atoms with van der Waals surface area (Å²) >= 11 is 6.14. The number of ether oxygens (including phenoxy) is 1. The number of carbonyl (C=O) groups excluding carboxylic acids is 1. The molecule has 1 amide bonds. The van der Waals surface area contributed by atoms with Crippen LogP contribution in [0.1, 0.15) is 48.0 Å². The Labute approximate surface area is 190 Å². The summed E-state index contributed by atoms with van der Waals surface area (Å²) in [6, 6.07) is 19.9. The van der Waals surface area contributed by atoms with E-state index >= 15 is 0 Å². The van der Waals surface area contributed by atoms with Gasteiger partial charge in [0.2, 0.25) is 0 Å². The Morgan fingerprint density at radius 1 is 1.06 bits per heavy atom. The molecule has 0 aliphatic heterocycles. The zero-order valence-corrected chi connectivity index (χ0v) is 19.5. The molecule has 1 aromatic heterocycles. The van der Waals surface area contributed by atoms with Gasteiger partial charge in [0.05, 0.1) is 13.2 Å². The minimum absolute atomic E-state index is 0.00742. The Hall–Kier alpha value is -2.56. The molecule has 31 heavy (non-hydrogen) atoms. The second-order valence-corrected chi connectivity index (χ2v) is 9.24. The van der Waals surface area contributed by atoms with E-state index in [1.165, 1.54) is 5.56 Å². The summed E-state index contributed by atoms with van der Waals surface area (Å²) < 4.78 is 7.42. The van der Waals surface area contributed by atoms with Crippen LogP contribution in [0.15, 0.2) is 66.9 Å². The van der Waals surface area contributed by atoms with Gasteiger partial charge in [-0.05, 0) is 52.9 Å². The van der Waals surface area contributed by atoms with Gasteiger partial charge in [0, 0.05) is 42.7 Å². The highest BCUT2D eigenvalue weighted by Crippen LogP contribution is 2.23. The Bertz CT molecular complexity index is 1000. The summed E-state index contributed by atoms with van der Waals surface area (Å²) in [5, 5.41) is 0.724. The number of halogens is 1. The van der Waals surface area contributed by atoms with Crippen LogP contribution >= 0.6 is 11.6 Å². The summed E-state index contributed by atoms with van der Waals surface area (Å²) in [6.45, 7) is 8.74. The van der Waals surface area contributed by atoms with Gasteiger partial charge in [0.1, 0.15) is 0 Å². The molecule has 0 bridgehead atoms. The first-order valence-corrected chi connectivity index (χ1v) is 10.9. The van der Waals surface area contributed by atoms with E-state index in [9.17, 15) is 4.79 Å². The number of hydrogen-bond donors (Lipinski definition) is 0. The lowest BCUT2D eigenvalue weighted by atomic mass is 9.86. The molecule has 0 atom stereocenters. The topological polar surface area (TPSA) is 34.5 Å². The van der Waals surface area contributed by atoms with Crippen molar-refractivity contribution in [2.45, 2.75) is 39.3 Å². The fraction of sp³-hybridized carbons (Fsp3) is 0.346. The number of amides is 1. The predicted octanol–water partition coefficient (Wildman–Crippen LogP) is 5.78. The molecule has 4 nitrogen and oxygen atoms in total. The van der Waals surface area contributed by atoms with E-state index in [0.717, 1.165) is 16.3 Å². The van der Waals surface area contributed by atoms with Crippen molar-refractivity contribution < 1.29 is 9.53 Å². The number of rotatable bonds is 8. The number of aromatic nitrogens is 1. The Kier molecular flexibility index (Phi) is 7.58. The first kappa shape index (κ1) is 23.1. The van der Waals surface area contributed by atoms with Crippen LogP contribution in [0.25, 0.3) is 0 Å². The van der Waals surface area contributed by atoms with Crippen LogP contribution in [-0.4, -0.2) is 35.6 Å². The highest BCUT2D eigenvalue weighted by molar-refractivity contribution is 6.30. The number of methoxy groups -OCH3 is 1. The summed E-state index contributed by atoms with van der Waals surface area (Å²) in [5.74, 6) is 0.00742. The molecule has 3 rings (SSSR count). The lowest BCUT2D eigenvalue weighted by Crippen LogP contribution is -2.34. The molecule has 0 radical (unpaired) electrons. The highest BCUT2D eigenvalue weighted by Gasteiger charge is 2.19. The molecule has 0 saturated carbocycles. The molecule has 0 aliphatic carbocycles. The Morgan fingerprint density at radius 3 is 2.45 bits per heavy atom. The third-order valence-corrected chi connectivity index (χ3v) is 5.60. The molecular formula is C26H31ClN2O2. The monoisotopic (exact) mass is 438 g/mol. The van der Waals surface area contributed by atoms with E-state index in [1.54, 1.807) is 7.11 Å². The normalized spacial score (nSPS) is 11.5. The van der Waals surface area contributed by atoms with E-state index in [2.05, 4.69) is 37.5 Å². The van der Waals surface area contributed by atoms with Crippen LogP contribution in [-0.2, 0) is 23.2 Å². The van der Waals surface area contributed by atoms with Gasteiger partial charge >= 0.3 is 0 Å². The van der Waals surface area contributed by atoms with Crippen LogP contribution in [0.3, 0.4) is 0 Å². The summed E-state index contributed by atoms with van der Waals surface area (Å²) in [5.41, 5.74) is 4.14. The molecule has 1 heterocycles. The smallest absolute Gasteiger partial charge is 0.254 e. The van der Waals surface area contributed by atoms with E-state index in [4.69, 9.17) is 16.3 Å². The van der Waals surface area contributed by atoms with Gasteiger partial charge in [-0.2, -0.15) is 0 Å². The fourth-order valence-corrected chi connectivity index (χ4v) is 3.74. The van der Waals surface area contributed by atoms with Crippen molar-refractivity contribution in [1.82, 2.24) is 9.47 Å². The SMILES string of the molecule is COCCN(Cc1cccn1Cc1cccc(Cl)c1)C(=O)c1ccc(C(C)(C)C)cc1. The second kappa shape index (κ2) is 10.2. The van der Waals surface area contributed by atoms with Gasteiger partial charge in [-0.15, -0.1) is 0 Å². The molecule has 0 spiro atoms. The summed E-state index contributed by atoms with van der Waals surface area (Å²) in [6.07, 6.45) is 2.04. The maximum absolute atomic E-state index is 13.3. The Balaban J connectivity index is 1.79. The minimum atomic E-state index is 0.00742. The molecule has 5 heteroatoms. The largest absolute Gasteiger partial charge is 0.383 e. The molecule has 164 valence electrons. The van der Waals surface area contributed by atoms with Crippen LogP contribution in [0, 0.1) is 0 Å². The van der Waals surface area contributed by atoms with E-state index < -0.39 is 0 Å². The van der Waals surface area contributed by atoms with Crippen molar-refractivity contribution in [1.29, 1.82) is 0 Å². The molecule has 0 aliphatic rings. The third kappa shape index (κ3) is 6.22. The first-order valence-electron chi connectivity index (χ1n) is 10.5. The molecule has 0 unspecified atom stereocenters. The zero-order chi connectivity index (χ0) is 22.4. The van der Waals surface area contributed by atoms with Crippen molar-refractivity contribution in [3.63, 3.8) is 0 Å². The van der Waals surface area contributed by atoms with Crippen molar-refractivity contribution >= 4 is 17.5 Å². The first-order chi connectivity index (χ1) is 14.8. The lowest BCUT2D eigenvalue weighted by molar-refractivity contribution is 0.0676. The molecular weight excluding hydrogens is 408 g/mol. The predicted molar refractivity (Wildman–Crippen MR) is 127 cm³/mol. The second-order valence-electron chi connectivity index (χ2n) is 8.80. The van der Waals surface area contributed by atoms with Gasteiger partial charge in [-0.1, -0.05) is 56.6 Å². The highest BCUT2D eigenvalue weighted by atomic mass is 35.5. The third-order valence-electron chi connectivity index (χ3n) is 5.37. The fourth-order valence-electron chi connectivity index (χ4n) is 3.52. The van der Waals surface area contributed by atoms with Gasteiger partial charge in [0.25, 0.3) is 5.91 Å². The molecule has 0 saturated heterocycles. The Morgan fingerprint density at radius 2 is 1.81 bits per heavy atom. The van der Waals surface area contributed by atoms with Crippen LogP contribution < -0.4 is 0 Å². The van der Waals surface area contributed by atoms with Crippen molar-refractivity contribution in [2.24, 2.45) is 0 Å². The maximum atomic E-state index is 13.3. The summed E-state index contributed by atoms with van der Waals surface area (Å²) in [4.78, 5) is 15.1. The number of benzene rings is 2. The number of nitrogens with zero attached hydrogens (tertiary/aromatic N) is 2. The standard InChI is InChI=1S/C26H31ClN2O2/c1-26(2,3)22-12-10-21(11-13-22)25(30)29(15-16-31-4)19-24-9-6-14-28(24)18-20-7-5-8-23(27)17-20/h5-14,17H,15-16,18-19H2,1-4H3. The summed E-state index contributed by atoms with van der Waals surface area (Å²) in [7, 11) is 1.66. The average molecular weight is 439 g/mol. The van der Waals surface area contributed by atoms with Gasteiger partial charge in [-0.25, -0.2) is 0 Å². The van der Waals surface area contributed by atoms with Gasteiger partial charge in [-0.3, -0.25) is 4.79 Å².